The molecule has 1 aliphatic rings. The highest BCUT2D eigenvalue weighted by atomic mass is 32.1. The molecule has 1 amide bonds. The fourth-order valence-corrected chi connectivity index (χ4v) is 4.99. The molecule has 1 N–H and O–H groups in total. The predicted octanol–water partition coefficient (Wildman–Crippen LogP) is 5.82. The summed E-state index contributed by atoms with van der Waals surface area (Å²) in [6.45, 7) is 12.2. The number of rotatable bonds is 6. The number of hydrogen-bond acceptors (Lipinski definition) is 4. The average Bonchev–Trinajstić information content (AvgIpc) is 3.38. The van der Waals surface area contributed by atoms with Crippen molar-refractivity contribution in [3.05, 3.63) is 46.6 Å². The van der Waals surface area contributed by atoms with E-state index >= 15 is 0 Å². The third kappa shape index (κ3) is 4.46. The van der Waals surface area contributed by atoms with Crippen LogP contribution in [0.5, 0.6) is 5.75 Å². The smallest absolute Gasteiger partial charge is 0.267 e. The number of carbonyl (C=O) groups is 1. The molecule has 0 spiro atoms. The molecule has 170 valence electrons. The molecule has 3 aromatic rings. The summed E-state index contributed by atoms with van der Waals surface area (Å²) in [5.41, 5.74) is 6.52. The molecule has 1 aliphatic heterocycles. The van der Waals surface area contributed by atoms with E-state index in [1.165, 1.54) is 16.7 Å². The number of fused-ring (bicyclic) bond motifs is 3. The van der Waals surface area contributed by atoms with Gasteiger partial charge in [0.25, 0.3) is 5.91 Å². The molecule has 5 nitrogen and oxygen atoms in total. The van der Waals surface area contributed by atoms with E-state index < -0.39 is 0 Å². The first-order chi connectivity index (χ1) is 15.2. The molecule has 0 atom stereocenters. The van der Waals surface area contributed by atoms with Crippen LogP contribution in [-0.4, -0.2) is 29.1 Å². The van der Waals surface area contributed by atoms with Crippen molar-refractivity contribution in [2.24, 2.45) is 11.3 Å². The Balaban J connectivity index is 1.86. The van der Waals surface area contributed by atoms with Gasteiger partial charge in [0.2, 0.25) is 0 Å². The van der Waals surface area contributed by atoms with E-state index in [4.69, 9.17) is 4.74 Å². The van der Waals surface area contributed by atoms with Crippen LogP contribution >= 0.6 is 11.3 Å². The minimum absolute atomic E-state index is 0.0247. The Bertz CT molecular complexity index is 1120. The minimum Gasteiger partial charge on any atom is -0.496 e. The molecule has 3 heterocycles. The summed E-state index contributed by atoms with van der Waals surface area (Å²) < 4.78 is 7.91. The molecule has 6 heteroatoms. The summed E-state index contributed by atoms with van der Waals surface area (Å²) in [7, 11) is 1.75. The lowest BCUT2D eigenvalue weighted by atomic mass is 9.91. The Morgan fingerprint density at radius 3 is 2.66 bits per heavy atom. The third-order valence-electron chi connectivity index (χ3n) is 5.77. The molecular formula is C26H33N3O2S. The molecule has 0 unspecified atom stereocenters. The SMILES string of the molecule is COc1cc2c(cc1CC(C)C)-c1c(-c3nccs3)cc(C(=O)NCC(C)(C)C)n1CC2. The summed E-state index contributed by atoms with van der Waals surface area (Å²) in [4.78, 5) is 17.8. The van der Waals surface area contributed by atoms with Crippen molar-refractivity contribution in [3.63, 3.8) is 0 Å². The molecule has 0 radical (unpaired) electrons. The van der Waals surface area contributed by atoms with Crippen LogP contribution in [0.1, 0.15) is 56.2 Å². The van der Waals surface area contributed by atoms with Crippen molar-refractivity contribution in [1.29, 1.82) is 0 Å². The molecule has 0 aliphatic carbocycles. The van der Waals surface area contributed by atoms with Crippen LogP contribution in [0.3, 0.4) is 0 Å². The lowest BCUT2D eigenvalue weighted by Crippen LogP contribution is -2.33. The molecule has 0 saturated carbocycles. The van der Waals surface area contributed by atoms with Crippen molar-refractivity contribution >= 4 is 17.2 Å². The van der Waals surface area contributed by atoms with Crippen LogP contribution in [0.15, 0.2) is 29.8 Å². The highest BCUT2D eigenvalue weighted by Gasteiger charge is 2.29. The first-order valence-electron chi connectivity index (χ1n) is 11.3. The van der Waals surface area contributed by atoms with Crippen LogP contribution in [0.25, 0.3) is 21.8 Å². The molecule has 0 bridgehead atoms. The van der Waals surface area contributed by atoms with Crippen molar-refractivity contribution < 1.29 is 9.53 Å². The number of benzene rings is 1. The number of nitrogens with one attached hydrogen (secondary N) is 1. The predicted molar refractivity (Wildman–Crippen MR) is 132 cm³/mol. The minimum atomic E-state index is -0.0247. The average molecular weight is 452 g/mol. The van der Waals surface area contributed by atoms with Crippen LogP contribution in [0.4, 0.5) is 0 Å². The van der Waals surface area contributed by atoms with E-state index in [-0.39, 0.29) is 11.3 Å². The lowest BCUT2D eigenvalue weighted by molar-refractivity contribution is 0.0930. The van der Waals surface area contributed by atoms with Gasteiger partial charge in [-0.3, -0.25) is 4.79 Å². The molecule has 1 aromatic carbocycles. The lowest BCUT2D eigenvalue weighted by Gasteiger charge is -2.25. The van der Waals surface area contributed by atoms with Crippen molar-refractivity contribution in [2.75, 3.05) is 13.7 Å². The van der Waals surface area contributed by atoms with Gasteiger partial charge in [-0.2, -0.15) is 0 Å². The second-order valence-electron chi connectivity index (χ2n) is 10.2. The summed E-state index contributed by atoms with van der Waals surface area (Å²) in [6.07, 6.45) is 3.64. The molecule has 2 aromatic heterocycles. The van der Waals surface area contributed by atoms with Gasteiger partial charge in [-0.15, -0.1) is 11.3 Å². The van der Waals surface area contributed by atoms with E-state index in [1.54, 1.807) is 18.4 Å². The number of aryl methyl sites for hydroxylation is 1. The molecule has 4 rings (SSSR count). The highest BCUT2D eigenvalue weighted by molar-refractivity contribution is 7.13. The topological polar surface area (TPSA) is 56.1 Å². The first kappa shape index (κ1) is 22.6. The fourth-order valence-electron chi connectivity index (χ4n) is 4.33. The van der Waals surface area contributed by atoms with E-state index in [0.29, 0.717) is 18.2 Å². The van der Waals surface area contributed by atoms with Crippen LogP contribution in [0.2, 0.25) is 0 Å². The second kappa shape index (κ2) is 8.74. The largest absolute Gasteiger partial charge is 0.496 e. The maximum absolute atomic E-state index is 13.2. The van der Waals surface area contributed by atoms with E-state index in [2.05, 4.69) is 61.6 Å². The standard InChI is InChI=1S/C26H33N3O2S/c1-16(2)11-18-12-19-17(13-22(18)31-6)7-9-29-21(24(30)28-15-26(3,4)5)14-20(23(19)29)25-27-8-10-32-25/h8,10,12-14,16H,7,9,11,15H2,1-6H3,(H,28,30). The Morgan fingerprint density at radius 1 is 1.25 bits per heavy atom. The quantitative estimate of drug-likeness (QED) is 0.514. The first-order valence-corrected chi connectivity index (χ1v) is 12.2. The maximum atomic E-state index is 13.2. The van der Waals surface area contributed by atoms with Gasteiger partial charge in [-0.25, -0.2) is 4.98 Å². The molecular weight excluding hydrogens is 418 g/mol. The number of ether oxygens (including phenoxy) is 1. The summed E-state index contributed by atoms with van der Waals surface area (Å²) in [5, 5.41) is 6.06. The van der Waals surface area contributed by atoms with Gasteiger partial charge in [0, 0.05) is 35.8 Å². The Kier molecular flexibility index (Phi) is 6.17. The normalized spacial score (nSPS) is 13.1. The number of aromatic nitrogens is 2. The van der Waals surface area contributed by atoms with Crippen LogP contribution < -0.4 is 10.1 Å². The van der Waals surface area contributed by atoms with Crippen molar-refractivity contribution in [3.8, 4) is 27.6 Å². The van der Waals surface area contributed by atoms with Gasteiger partial charge in [0.1, 0.15) is 16.5 Å². The van der Waals surface area contributed by atoms with Crippen molar-refractivity contribution in [1.82, 2.24) is 14.9 Å². The summed E-state index contributed by atoms with van der Waals surface area (Å²) in [6, 6.07) is 6.48. The van der Waals surface area contributed by atoms with Gasteiger partial charge in [0.05, 0.1) is 12.8 Å². The number of thiazole rings is 1. The van der Waals surface area contributed by atoms with Crippen molar-refractivity contribution in [2.45, 2.75) is 54.0 Å². The summed E-state index contributed by atoms with van der Waals surface area (Å²) in [5.74, 6) is 1.45. The van der Waals surface area contributed by atoms with Gasteiger partial charge in [0.15, 0.2) is 0 Å². The fraction of sp³-hybridized carbons (Fsp3) is 0.462. The Morgan fingerprint density at radius 2 is 2.03 bits per heavy atom. The number of methoxy groups -OCH3 is 1. The van der Waals surface area contributed by atoms with Gasteiger partial charge in [-0.1, -0.05) is 34.6 Å². The summed E-state index contributed by atoms with van der Waals surface area (Å²) >= 11 is 1.61. The van der Waals surface area contributed by atoms with Crippen LogP contribution in [0, 0.1) is 11.3 Å². The maximum Gasteiger partial charge on any atom is 0.267 e. The number of nitrogens with zero attached hydrogens (tertiary/aromatic N) is 2. The molecule has 0 fully saturated rings. The van der Waals surface area contributed by atoms with Gasteiger partial charge < -0.3 is 14.6 Å². The highest BCUT2D eigenvalue weighted by Crippen LogP contribution is 2.43. The van der Waals surface area contributed by atoms with E-state index in [9.17, 15) is 4.79 Å². The van der Waals surface area contributed by atoms with E-state index in [1.807, 2.05) is 17.6 Å². The second-order valence-corrected chi connectivity index (χ2v) is 11.1. The van der Waals surface area contributed by atoms with Gasteiger partial charge >= 0.3 is 0 Å². The number of carbonyl (C=O) groups excluding carboxylic acids is 1. The Labute approximate surface area is 194 Å². The monoisotopic (exact) mass is 451 g/mol. The van der Waals surface area contributed by atoms with Crippen LogP contribution in [-0.2, 0) is 19.4 Å². The number of amides is 1. The van der Waals surface area contributed by atoms with E-state index in [0.717, 1.165) is 41.4 Å². The Hall–Kier alpha value is -2.60. The van der Waals surface area contributed by atoms with Gasteiger partial charge in [-0.05, 0) is 53.5 Å². The molecule has 32 heavy (non-hydrogen) atoms. The molecule has 0 saturated heterocycles. The third-order valence-corrected chi connectivity index (χ3v) is 6.57. The zero-order valence-corrected chi connectivity index (χ0v) is 20.7. The zero-order valence-electron chi connectivity index (χ0n) is 19.9. The number of hydrogen-bond donors (Lipinski definition) is 1. The zero-order chi connectivity index (χ0) is 23.0.